The van der Waals surface area contributed by atoms with E-state index >= 15 is 0 Å². The van der Waals surface area contributed by atoms with Gasteiger partial charge in [0.25, 0.3) is 0 Å². The molecule has 2 aromatic heterocycles. The Morgan fingerprint density at radius 3 is 2.00 bits per heavy atom. The molecule has 0 aliphatic carbocycles. The number of aliphatic hydroxyl groups excluding tert-OH is 1. The van der Waals surface area contributed by atoms with Crippen molar-refractivity contribution >= 4 is 51.4 Å². The first-order chi connectivity index (χ1) is 25.3. The monoisotopic (exact) mass is 962 g/mol. The molecule has 55 heavy (non-hydrogen) atoms. The maximum Gasteiger partial charge on any atom is 0.239 e. The van der Waals surface area contributed by atoms with Gasteiger partial charge < -0.3 is 5.11 Å². The summed E-state index contributed by atoms with van der Waals surface area (Å²) in [6.07, 6.45) is 1.13. The number of carbonyl (C=O) groups is 1. The number of hydrogen-bond donors (Lipinski definition) is 1. The topological polar surface area (TPSA) is 63.1 Å². The van der Waals surface area contributed by atoms with E-state index in [0.717, 1.165) is 48.4 Å². The summed E-state index contributed by atoms with van der Waals surface area (Å²) in [5.41, 5.74) is 5.98. The zero-order valence-corrected chi connectivity index (χ0v) is 38.8. The molecule has 0 unspecified atom stereocenters. The molecule has 299 valence electrons. The van der Waals surface area contributed by atoms with Crippen LogP contribution in [0, 0.1) is 48.5 Å². The van der Waals surface area contributed by atoms with Gasteiger partial charge in [-0.2, -0.15) is 0 Å². The van der Waals surface area contributed by atoms with E-state index in [1.54, 1.807) is 17.7 Å². The predicted octanol–water partition coefficient (Wildman–Crippen LogP) is 12.9. The van der Waals surface area contributed by atoms with Gasteiger partial charge in [-0.15, -0.1) is 40.1 Å². The van der Waals surface area contributed by atoms with E-state index in [0.29, 0.717) is 30.1 Å². The van der Waals surface area contributed by atoms with Crippen LogP contribution in [0.25, 0.3) is 42.7 Å². The van der Waals surface area contributed by atoms with Gasteiger partial charge in [0.15, 0.2) is 5.78 Å². The summed E-state index contributed by atoms with van der Waals surface area (Å²) in [5, 5.41) is 14.1. The van der Waals surface area contributed by atoms with Crippen LogP contribution in [0.1, 0.15) is 72.9 Å². The van der Waals surface area contributed by atoms with Gasteiger partial charge in [0.05, 0.1) is 19.3 Å². The minimum atomic E-state index is -2.27. The van der Waals surface area contributed by atoms with Crippen molar-refractivity contribution in [1.82, 2.24) is 9.97 Å². The average Bonchev–Trinajstić information content (AvgIpc) is 3.42. The molecule has 1 radical (unpaired) electrons. The molecule has 3 aromatic carbocycles. The van der Waals surface area contributed by atoms with Crippen molar-refractivity contribution in [2.45, 2.75) is 101 Å². The van der Waals surface area contributed by atoms with Gasteiger partial charge in [-0.1, -0.05) is 128 Å². The molecule has 4 nitrogen and oxygen atoms in total. The van der Waals surface area contributed by atoms with Crippen molar-refractivity contribution in [2.24, 2.45) is 35.5 Å². The van der Waals surface area contributed by atoms with Gasteiger partial charge >= 0.3 is 0 Å². The molecule has 0 bridgehead atoms. The maximum atomic E-state index is 12.6. The van der Waals surface area contributed by atoms with Crippen LogP contribution in [0.3, 0.4) is 0 Å². The van der Waals surface area contributed by atoms with Crippen LogP contribution in [0.5, 0.6) is 0 Å². The first-order valence-corrected chi connectivity index (χ1v) is 23.6. The number of aromatic nitrogens is 2. The minimum Gasteiger partial charge on any atom is -0.512 e. The molecule has 0 spiro atoms. The average molecular weight is 962 g/mol. The zero-order chi connectivity index (χ0) is 40.1. The van der Waals surface area contributed by atoms with E-state index in [2.05, 4.69) is 123 Å². The SMILES string of the molecule is CC(C)C(C(=O)/C=C(\O)C(C(C)C)C(C)C)C(C)C.Cc1c(-c2ccc(CCC(F)F)cc2)sc2c(-c3[c-]c4ccccc4c([Si](C)(C)C)c3)ncnc12.[Ir]. The zero-order valence-electron chi connectivity index (χ0n) is 34.6. The molecule has 9 heteroatoms. The van der Waals surface area contributed by atoms with Crippen LogP contribution in [0.15, 0.2) is 72.8 Å². The second-order valence-corrected chi connectivity index (χ2v) is 23.0. The van der Waals surface area contributed by atoms with Gasteiger partial charge in [0, 0.05) is 59.7 Å². The van der Waals surface area contributed by atoms with Crippen molar-refractivity contribution in [3.63, 3.8) is 0 Å². The molecule has 0 saturated carbocycles. The third-order valence-electron chi connectivity index (χ3n) is 10.2. The van der Waals surface area contributed by atoms with Gasteiger partial charge in [0.2, 0.25) is 6.43 Å². The molecule has 5 aromatic rings. The van der Waals surface area contributed by atoms with Crippen molar-refractivity contribution in [3.8, 4) is 21.7 Å². The number of fused-ring (bicyclic) bond motifs is 2. The fourth-order valence-corrected chi connectivity index (χ4v) is 10.7. The quantitative estimate of drug-likeness (QED) is 0.0553. The molecular formula is C46H59F2IrN2O2SSi-. The van der Waals surface area contributed by atoms with Crippen molar-refractivity contribution in [3.05, 3.63) is 90.0 Å². The molecule has 5 rings (SSSR count). The number of ketones is 1. The summed E-state index contributed by atoms with van der Waals surface area (Å²) >= 11 is 1.69. The van der Waals surface area contributed by atoms with Crippen molar-refractivity contribution < 1.29 is 38.8 Å². The van der Waals surface area contributed by atoms with Crippen molar-refractivity contribution in [1.29, 1.82) is 0 Å². The number of allylic oxidation sites excluding steroid dienone is 2. The fraction of sp³-hybridized carbons (Fsp3) is 0.457. The third-order valence-corrected chi connectivity index (χ3v) is 13.6. The Hall–Kier alpha value is -3.10. The van der Waals surface area contributed by atoms with Gasteiger partial charge in [-0.05, 0) is 53.7 Å². The fourth-order valence-electron chi connectivity index (χ4n) is 7.79. The van der Waals surface area contributed by atoms with E-state index in [9.17, 15) is 18.7 Å². The van der Waals surface area contributed by atoms with Crippen LogP contribution in [0.4, 0.5) is 8.78 Å². The Kier molecular flexibility index (Phi) is 16.7. The number of hydrogen-bond acceptors (Lipinski definition) is 5. The summed E-state index contributed by atoms with van der Waals surface area (Å²) in [6.45, 7) is 25.8. The maximum absolute atomic E-state index is 12.6. The number of rotatable bonds is 13. The third kappa shape index (κ3) is 11.5. The Morgan fingerprint density at radius 1 is 0.873 bits per heavy atom. The molecule has 0 saturated heterocycles. The van der Waals surface area contributed by atoms with Crippen molar-refractivity contribution in [2.75, 3.05) is 0 Å². The van der Waals surface area contributed by atoms with Gasteiger partial charge in [0.1, 0.15) is 6.33 Å². The van der Waals surface area contributed by atoms with Crippen LogP contribution in [0.2, 0.25) is 19.6 Å². The first-order valence-electron chi connectivity index (χ1n) is 19.3. The molecule has 2 heterocycles. The number of halogens is 2. The van der Waals surface area contributed by atoms with E-state index in [1.165, 1.54) is 16.6 Å². The van der Waals surface area contributed by atoms with Crippen LogP contribution >= 0.6 is 11.3 Å². The minimum absolute atomic E-state index is 0. The van der Waals surface area contributed by atoms with E-state index in [1.807, 2.05) is 24.3 Å². The number of thiophene rings is 1. The molecule has 1 N–H and O–H groups in total. The molecule has 0 aliphatic heterocycles. The molecule has 0 atom stereocenters. The Bertz CT molecular complexity index is 2050. The Morgan fingerprint density at radius 2 is 1.45 bits per heavy atom. The summed E-state index contributed by atoms with van der Waals surface area (Å²) < 4.78 is 26.2. The van der Waals surface area contributed by atoms with Crippen LogP contribution in [-0.4, -0.2) is 35.4 Å². The molecule has 0 fully saturated rings. The summed E-state index contributed by atoms with van der Waals surface area (Å²) in [6, 6.07) is 22.3. The molecular weight excluding hydrogens is 903 g/mol. The smallest absolute Gasteiger partial charge is 0.239 e. The number of carbonyl (C=O) groups excluding carboxylic acids is 1. The summed E-state index contributed by atoms with van der Waals surface area (Å²) in [7, 11) is -1.61. The number of aryl methyl sites for hydroxylation is 2. The normalized spacial score (nSPS) is 12.5. The van der Waals surface area contributed by atoms with Crippen LogP contribution in [-0.2, 0) is 31.3 Å². The largest absolute Gasteiger partial charge is 0.512 e. The number of benzene rings is 3. The van der Waals surface area contributed by atoms with Gasteiger partial charge in [-0.25, -0.2) is 13.8 Å². The number of alkyl halides is 2. The van der Waals surface area contributed by atoms with E-state index in [-0.39, 0.29) is 49.9 Å². The summed E-state index contributed by atoms with van der Waals surface area (Å²) in [5.74, 6) is 1.63. The van der Waals surface area contributed by atoms with E-state index in [4.69, 9.17) is 4.98 Å². The van der Waals surface area contributed by atoms with Crippen LogP contribution < -0.4 is 5.19 Å². The second kappa shape index (κ2) is 19.9. The molecule has 0 aliphatic rings. The Balaban J connectivity index is 0.000000349. The standard InChI is InChI=1S/C29H27F2N2SSi.C17H32O2.Ir/c1-18-26-29(34-28(18)20-12-9-19(10-13-20)11-14-25(30)31)27(33-17-32-26)22-15-21-7-5-6-8-23(21)24(16-22)35(2,3)4;1-10(2)16(11(3)4)14(18)9-15(19)17(12(5)6)13(7)8;/h5-10,12-13,16-17,25H,11,14H2,1-4H3;9-13,16-18H,1-8H3;/q-1;;/b;14-9-;. The Labute approximate surface area is 346 Å². The number of aliphatic hydroxyl groups is 1. The second-order valence-electron chi connectivity index (χ2n) is 17.0. The molecule has 0 amide bonds. The first kappa shape index (κ1) is 46.3. The van der Waals surface area contributed by atoms with Gasteiger partial charge in [-0.3, -0.25) is 9.78 Å². The summed E-state index contributed by atoms with van der Waals surface area (Å²) in [4.78, 5) is 22.8. The van der Waals surface area contributed by atoms with E-state index < -0.39 is 14.5 Å². The number of nitrogens with zero attached hydrogens (tertiary/aromatic N) is 2. The predicted molar refractivity (Wildman–Crippen MR) is 229 cm³/mol.